The molecular weight excluding hydrogens is 222 g/mol. The van der Waals surface area contributed by atoms with Crippen LogP contribution in [0.15, 0.2) is 12.7 Å². The van der Waals surface area contributed by atoms with Gasteiger partial charge in [-0.05, 0) is 32.1 Å². The maximum absolute atomic E-state index is 6.43. The fraction of sp³-hybridized carbons (Fsp3) is 0.875. The van der Waals surface area contributed by atoms with Gasteiger partial charge in [0.2, 0.25) is 0 Å². The summed E-state index contributed by atoms with van der Waals surface area (Å²) in [4.78, 5) is 0. The molecule has 0 saturated heterocycles. The zero-order chi connectivity index (χ0) is 13.3. The van der Waals surface area contributed by atoms with Crippen LogP contribution in [0.5, 0.6) is 0 Å². The maximum Gasteiger partial charge on any atom is 0.0828 e. The van der Waals surface area contributed by atoms with E-state index in [1.54, 1.807) is 0 Å². The van der Waals surface area contributed by atoms with E-state index in [4.69, 9.17) is 10.5 Å². The molecule has 1 fully saturated rings. The smallest absolute Gasteiger partial charge is 0.0828 e. The van der Waals surface area contributed by atoms with Gasteiger partial charge in [0.05, 0.1) is 5.60 Å². The SMILES string of the molecule is C=CCCCCCC(N)C1(OC)CCCCCC1. The van der Waals surface area contributed by atoms with Gasteiger partial charge >= 0.3 is 0 Å². The minimum atomic E-state index is -0.0328. The van der Waals surface area contributed by atoms with E-state index >= 15 is 0 Å². The monoisotopic (exact) mass is 253 g/mol. The predicted octanol–water partition coefficient (Wildman–Crippen LogP) is 4.19. The minimum Gasteiger partial charge on any atom is -0.377 e. The summed E-state index contributed by atoms with van der Waals surface area (Å²) in [5, 5.41) is 0. The molecule has 0 bridgehead atoms. The van der Waals surface area contributed by atoms with Crippen LogP contribution in [-0.4, -0.2) is 18.8 Å². The molecule has 106 valence electrons. The van der Waals surface area contributed by atoms with Gasteiger partial charge in [0.1, 0.15) is 0 Å². The lowest BCUT2D eigenvalue weighted by molar-refractivity contribution is -0.0454. The number of allylic oxidation sites excluding steroid dienone is 1. The molecule has 2 N–H and O–H groups in total. The van der Waals surface area contributed by atoms with Crippen molar-refractivity contribution < 1.29 is 4.74 Å². The van der Waals surface area contributed by atoms with Gasteiger partial charge in [0.25, 0.3) is 0 Å². The third-order valence-electron chi connectivity index (χ3n) is 4.46. The molecule has 2 nitrogen and oxygen atoms in total. The molecule has 1 saturated carbocycles. The second-order valence-corrected chi connectivity index (χ2v) is 5.72. The molecule has 0 spiro atoms. The van der Waals surface area contributed by atoms with Crippen molar-refractivity contribution in [3.8, 4) is 0 Å². The summed E-state index contributed by atoms with van der Waals surface area (Å²) in [6.45, 7) is 3.76. The molecule has 2 heteroatoms. The number of rotatable bonds is 8. The van der Waals surface area contributed by atoms with E-state index in [0.717, 1.165) is 25.7 Å². The molecule has 0 heterocycles. The standard InChI is InChI=1S/C16H31NO/c1-3-4-5-6-9-12-15(17)16(18-2)13-10-7-8-11-14-16/h3,15H,1,4-14,17H2,2H3. The van der Waals surface area contributed by atoms with Gasteiger partial charge in [-0.15, -0.1) is 6.58 Å². The van der Waals surface area contributed by atoms with E-state index < -0.39 is 0 Å². The first-order valence-electron chi connectivity index (χ1n) is 7.67. The molecule has 1 aliphatic rings. The third kappa shape index (κ3) is 4.74. The van der Waals surface area contributed by atoms with Crippen LogP contribution in [0.1, 0.15) is 70.6 Å². The van der Waals surface area contributed by atoms with E-state index in [1.165, 1.54) is 44.9 Å². The van der Waals surface area contributed by atoms with Gasteiger partial charge in [0, 0.05) is 13.2 Å². The van der Waals surface area contributed by atoms with E-state index in [2.05, 4.69) is 6.58 Å². The summed E-state index contributed by atoms with van der Waals surface area (Å²) in [6.07, 6.45) is 15.5. The molecule has 18 heavy (non-hydrogen) atoms. The molecule has 0 radical (unpaired) electrons. The molecule has 1 atom stereocenters. The zero-order valence-corrected chi connectivity index (χ0v) is 12.1. The summed E-state index contributed by atoms with van der Waals surface area (Å²) >= 11 is 0. The summed E-state index contributed by atoms with van der Waals surface area (Å²) in [7, 11) is 1.85. The van der Waals surface area contributed by atoms with Crippen LogP contribution in [0.4, 0.5) is 0 Å². The van der Waals surface area contributed by atoms with Crippen LogP contribution < -0.4 is 5.73 Å². The number of ether oxygens (including phenoxy) is 1. The van der Waals surface area contributed by atoms with E-state index in [1.807, 2.05) is 13.2 Å². The summed E-state index contributed by atoms with van der Waals surface area (Å²) in [5.41, 5.74) is 6.40. The Hall–Kier alpha value is -0.340. The van der Waals surface area contributed by atoms with E-state index in [0.29, 0.717) is 0 Å². The Bertz CT molecular complexity index is 219. The number of nitrogens with two attached hydrogens (primary N) is 1. The number of unbranched alkanes of at least 4 members (excludes halogenated alkanes) is 3. The van der Waals surface area contributed by atoms with Gasteiger partial charge < -0.3 is 10.5 Å². The van der Waals surface area contributed by atoms with Crippen LogP contribution in [0, 0.1) is 0 Å². The van der Waals surface area contributed by atoms with Crippen LogP contribution in [0.3, 0.4) is 0 Å². The fourth-order valence-electron chi connectivity index (χ4n) is 3.15. The van der Waals surface area contributed by atoms with Crippen molar-refractivity contribution in [3.05, 3.63) is 12.7 Å². The molecule has 0 aliphatic heterocycles. The van der Waals surface area contributed by atoms with Crippen molar-refractivity contribution in [1.29, 1.82) is 0 Å². The molecule has 0 amide bonds. The second kappa shape index (κ2) is 8.71. The van der Waals surface area contributed by atoms with E-state index in [-0.39, 0.29) is 11.6 Å². The molecule has 0 aromatic carbocycles. The molecule has 1 aliphatic carbocycles. The van der Waals surface area contributed by atoms with Gasteiger partial charge in [-0.1, -0.05) is 44.6 Å². The predicted molar refractivity (Wildman–Crippen MR) is 78.7 cm³/mol. The van der Waals surface area contributed by atoms with Gasteiger partial charge in [-0.25, -0.2) is 0 Å². The van der Waals surface area contributed by atoms with Crippen LogP contribution in [0.25, 0.3) is 0 Å². The molecule has 0 aromatic heterocycles. The van der Waals surface area contributed by atoms with Crippen LogP contribution in [-0.2, 0) is 4.74 Å². The highest BCUT2D eigenvalue weighted by Gasteiger charge is 2.36. The first-order valence-corrected chi connectivity index (χ1v) is 7.67. The van der Waals surface area contributed by atoms with Crippen molar-refractivity contribution in [1.82, 2.24) is 0 Å². The Balaban J connectivity index is 2.35. The highest BCUT2D eigenvalue weighted by molar-refractivity contribution is 4.92. The van der Waals surface area contributed by atoms with Crippen LogP contribution in [0.2, 0.25) is 0 Å². The quantitative estimate of drug-likeness (QED) is 0.400. The summed E-state index contributed by atoms with van der Waals surface area (Å²) in [6, 6.07) is 0.212. The largest absolute Gasteiger partial charge is 0.377 e. The third-order valence-corrected chi connectivity index (χ3v) is 4.46. The van der Waals surface area contributed by atoms with Crippen molar-refractivity contribution in [2.24, 2.45) is 5.73 Å². The first kappa shape index (κ1) is 15.7. The maximum atomic E-state index is 6.43. The van der Waals surface area contributed by atoms with Crippen molar-refractivity contribution in [3.63, 3.8) is 0 Å². The average Bonchev–Trinajstić information content (AvgIpc) is 2.64. The van der Waals surface area contributed by atoms with Gasteiger partial charge in [-0.3, -0.25) is 0 Å². The Morgan fingerprint density at radius 3 is 2.39 bits per heavy atom. The van der Waals surface area contributed by atoms with Crippen molar-refractivity contribution in [2.45, 2.75) is 82.3 Å². The van der Waals surface area contributed by atoms with Gasteiger partial charge in [-0.2, -0.15) is 0 Å². The van der Waals surface area contributed by atoms with Crippen LogP contribution >= 0.6 is 0 Å². The highest BCUT2D eigenvalue weighted by atomic mass is 16.5. The zero-order valence-electron chi connectivity index (χ0n) is 12.1. The van der Waals surface area contributed by atoms with Crippen molar-refractivity contribution in [2.75, 3.05) is 7.11 Å². The molecule has 1 unspecified atom stereocenters. The Labute approximate surface area is 113 Å². The van der Waals surface area contributed by atoms with E-state index in [9.17, 15) is 0 Å². The highest BCUT2D eigenvalue weighted by Crippen LogP contribution is 2.33. The lowest BCUT2D eigenvalue weighted by Gasteiger charge is -2.37. The molecular formula is C16H31NO. The molecule has 1 rings (SSSR count). The Morgan fingerprint density at radius 2 is 1.83 bits per heavy atom. The normalized spacial score (nSPS) is 21.2. The van der Waals surface area contributed by atoms with Gasteiger partial charge in [0.15, 0.2) is 0 Å². The Morgan fingerprint density at radius 1 is 1.17 bits per heavy atom. The molecule has 0 aromatic rings. The lowest BCUT2D eigenvalue weighted by atomic mass is 9.84. The average molecular weight is 253 g/mol. The number of hydrogen-bond donors (Lipinski definition) is 1. The summed E-state index contributed by atoms with van der Waals surface area (Å²) in [5.74, 6) is 0. The van der Waals surface area contributed by atoms with Crippen molar-refractivity contribution >= 4 is 0 Å². The fourth-order valence-corrected chi connectivity index (χ4v) is 3.15. The number of methoxy groups -OCH3 is 1. The lowest BCUT2D eigenvalue weighted by Crippen LogP contribution is -2.49. The number of hydrogen-bond acceptors (Lipinski definition) is 2. The second-order valence-electron chi connectivity index (χ2n) is 5.72. The first-order chi connectivity index (χ1) is 8.75. The summed E-state index contributed by atoms with van der Waals surface area (Å²) < 4.78 is 5.86. The minimum absolute atomic E-state index is 0.0328. The topological polar surface area (TPSA) is 35.2 Å². The Kier molecular flexibility index (Phi) is 7.60.